The van der Waals surface area contributed by atoms with Gasteiger partial charge in [0.05, 0.1) is 10.5 Å². The van der Waals surface area contributed by atoms with Crippen LogP contribution in [0.2, 0.25) is 5.02 Å². The quantitative estimate of drug-likeness (QED) is 0.742. The number of aromatic nitrogens is 2. The number of halogens is 1. The van der Waals surface area contributed by atoms with Crippen molar-refractivity contribution >= 4 is 39.3 Å². The lowest BCUT2D eigenvalue weighted by molar-refractivity contribution is -0.125. The molecular weight excluding hydrogens is 346 g/mol. The van der Waals surface area contributed by atoms with E-state index < -0.39 is 12.5 Å². The highest BCUT2D eigenvalue weighted by Crippen LogP contribution is 2.37. The Kier molecular flexibility index (Phi) is 3.77. The average molecular weight is 362 g/mol. The molecule has 2 N–H and O–H groups in total. The number of aryl methyl sites for hydroxylation is 1. The van der Waals surface area contributed by atoms with Crippen LogP contribution in [0.3, 0.4) is 0 Å². The molecular formula is C17H16ClN3O4. The molecule has 8 heteroatoms. The van der Waals surface area contributed by atoms with Crippen LogP contribution in [0.4, 0.5) is 0 Å². The molecule has 1 amide bonds. The Morgan fingerprint density at radius 1 is 1.44 bits per heavy atom. The van der Waals surface area contributed by atoms with E-state index in [1.807, 2.05) is 6.07 Å². The topological polar surface area (TPSA) is 97.4 Å². The van der Waals surface area contributed by atoms with Crippen LogP contribution in [-0.2, 0) is 4.79 Å². The fourth-order valence-electron chi connectivity index (χ4n) is 3.52. The number of hydrogen-bond acceptors (Lipinski definition) is 5. The maximum atomic E-state index is 13.0. The van der Waals surface area contributed by atoms with Crippen molar-refractivity contribution in [3.05, 3.63) is 39.3 Å². The first-order valence-electron chi connectivity index (χ1n) is 8.00. The van der Waals surface area contributed by atoms with Gasteiger partial charge in [-0.1, -0.05) is 22.8 Å². The molecule has 1 saturated carbocycles. The number of aliphatic hydroxyl groups is 1. The van der Waals surface area contributed by atoms with Crippen LogP contribution in [0.1, 0.15) is 24.6 Å². The van der Waals surface area contributed by atoms with Gasteiger partial charge in [-0.3, -0.25) is 9.59 Å². The standard InChI is InChI=1S/C17H16ClN3O4/c1-8-14-16(20-25-8)15-11(18)3-2-4-12(15)21(17(14)24)10-5-9(6-10)19-13(23)7-22/h2-4,9-10,22H,5-7H2,1H3,(H,19,23). The molecule has 0 aliphatic heterocycles. The van der Waals surface area contributed by atoms with Crippen molar-refractivity contribution in [3.63, 3.8) is 0 Å². The lowest BCUT2D eigenvalue weighted by Crippen LogP contribution is -2.47. The number of nitrogens with one attached hydrogen (secondary N) is 1. The largest absolute Gasteiger partial charge is 0.387 e. The van der Waals surface area contributed by atoms with Crippen molar-refractivity contribution < 1.29 is 14.4 Å². The van der Waals surface area contributed by atoms with Gasteiger partial charge in [0, 0.05) is 17.5 Å². The number of benzene rings is 1. The number of hydrogen-bond donors (Lipinski definition) is 2. The van der Waals surface area contributed by atoms with Gasteiger partial charge in [-0.25, -0.2) is 0 Å². The fourth-order valence-corrected chi connectivity index (χ4v) is 3.78. The molecule has 0 unspecified atom stereocenters. The molecule has 25 heavy (non-hydrogen) atoms. The third-order valence-electron chi connectivity index (χ3n) is 4.77. The van der Waals surface area contributed by atoms with E-state index in [4.69, 9.17) is 21.2 Å². The summed E-state index contributed by atoms with van der Waals surface area (Å²) in [6.45, 7) is 1.17. The zero-order chi connectivity index (χ0) is 17.7. The first-order chi connectivity index (χ1) is 12.0. The summed E-state index contributed by atoms with van der Waals surface area (Å²) in [4.78, 5) is 24.3. The van der Waals surface area contributed by atoms with E-state index in [2.05, 4.69) is 10.5 Å². The lowest BCUT2D eigenvalue weighted by Gasteiger charge is -2.37. The second-order valence-electron chi connectivity index (χ2n) is 6.32. The Labute approximate surface area is 147 Å². The van der Waals surface area contributed by atoms with Gasteiger partial charge in [0.1, 0.15) is 23.3 Å². The van der Waals surface area contributed by atoms with Crippen molar-refractivity contribution in [1.29, 1.82) is 0 Å². The predicted molar refractivity (Wildman–Crippen MR) is 92.8 cm³/mol. The van der Waals surface area contributed by atoms with Crippen LogP contribution in [0, 0.1) is 6.92 Å². The molecule has 1 aliphatic carbocycles. The van der Waals surface area contributed by atoms with Gasteiger partial charge in [-0.05, 0) is 31.9 Å². The molecule has 0 saturated heterocycles. The third kappa shape index (κ3) is 2.42. The summed E-state index contributed by atoms with van der Waals surface area (Å²) >= 11 is 6.37. The Hall–Kier alpha value is -2.38. The van der Waals surface area contributed by atoms with Gasteiger partial charge >= 0.3 is 0 Å². The molecule has 1 aromatic carbocycles. The number of carbonyl (C=O) groups is 1. The number of nitrogens with zero attached hydrogens (tertiary/aromatic N) is 2. The highest BCUT2D eigenvalue weighted by Gasteiger charge is 2.34. The molecule has 1 aliphatic rings. The first kappa shape index (κ1) is 16.1. The Bertz CT molecular complexity index is 1050. The summed E-state index contributed by atoms with van der Waals surface area (Å²) in [5, 5.41) is 17.2. The van der Waals surface area contributed by atoms with E-state index in [0.717, 1.165) is 0 Å². The van der Waals surface area contributed by atoms with E-state index in [1.54, 1.807) is 23.6 Å². The Morgan fingerprint density at radius 2 is 2.20 bits per heavy atom. The van der Waals surface area contributed by atoms with Crippen molar-refractivity contribution in [3.8, 4) is 0 Å². The minimum absolute atomic E-state index is 0.0509. The molecule has 0 radical (unpaired) electrons. The number of rotatable bonds is 3. The van der Waals surface area contributed by atoms with Gasteiger partial charge < -0.3 is 19.5 Å². The smallest absolute Gasteiger partial charge is 0.264 e. The summed E-state index contributed by atoms with van der Waals surface area (Å²) in [5.41, 5.74) is 1.01. The zero-order valence-electron chi connectivity index (χ0n) is 13.5. The van der Waals surface area contributed by atoms with Crippen LogP contribution in [-0.4, -0.2) is 33.4 Å². The molecule has 130 valence electrons. The van der Waals surface area contributed by atoms with E-state index >= 15 is 0 Å². The van der Waals surface area contributed by atoms with Gasteiger partial charge in [-0.15, -0.1) is 0 Å². The molecule has 4 rings (SSSR count). The normalized spacial score (nSPS) is 20.0. The Balaban J connectivity index is 1.85. The monoisotopic (exact) mass is 361 g/mol. The number of pyridine rings is 1. The first-order valence-corrected chi connectivity index (χ1v) is 8.38. The minimum Gasteiger partial charge on any atom is -0.387 e. The highest BCUT2D eigenvalue weighted by atomic mass is 35.5. The molecule has 0 bridgehead atoms. The SMILES string of the molecule is Cc1onc2c1c(=O)n(C1CC(NC(=O)CO)C1)c1cccc(Cl)c21. The summed E-state index contributed by atoms with van der Waals surface area (Å²) in [7, 11) is 0. The maximum absolute atomic E-state index is 13.0. The molecule has 7 nitrogen and oxygen atoms in total. The third-order valence-corrected chi connectivity index (χ3v) is 5.09. The van der Waals surface area contributed by atoms with E-state index in [9.17, 15) is 9.59 Å². The molecule has 2 heterocycles. The number of carbonyl (C=O) groups excluding carboxylic acids is 1. The minimum atomic E-state index is -0.536. The summed E-state index contributed by atoms with van der Waals surface area (Å²) in [5.74, 6) is 0.0501. The van der Waals surface area contributed by atoms with Gasteiger partial charge in [0.25, 0.3) is 5.56 Å². The van der Waals surface area contributed by atoms with Crippen molar-refractivity contribution in [2.75, 3.05) is 6.61 Å². The molecule has 3 aromatic rings. The van der Waals surface area contributed by atoms with Gasteiger partial charge in [0.2, 0.25) is 5.91 Å². The maximum Gasteiger partial charge on any atom is 0.264 e. The van der Waals surface area contributed by atoms with E-state index in [1.165, 1.54) is 0 Å². The van der Waals surface area contributed by atoms with Crippen molar-refractivity contribution in [1.82, 2.24) is 15.0 Å². The molecule has 1 fully saturated rings. The van der Waals surface area contributed by atoms with E-state index in [0.29, 0.717) is 45.4 Å². The van der Waals surface area contributed by atoms with Crippen LogP contribution in [0.25, 0.3) is 21.8 Å². The number of fused-ring (bicyclic) bond motifs is 3. The van der Waals surface area contributed by atoms with Gasteiger partial charge in [-0.2, -0.15) is 0 Å². The second-order valence-corrected chi connectivity index (χ2v) is 6.73. The number of aliphatic hydroxyl groups excluding tert-OH is 1. The van der Waals surface area contributed by atoms with Crippen LogP contribution < -0.4 is 10.9 Å². The predicted octanol–water partition coefficient (Wildman–Crippen LogP) is 1.92. The average Bonchev–Trinajstić information content (AvgIpc) is 2.94. The Morgan fingerprint density at radius 3 is 2.92 bits per heavy atom. The van der Waals surface area contributed by atoms with E-state index in [-0.39, 0.29) is 17.6 Å². The summed E-state index contributed by atoms with van der Waals surface area (Å²) in [6, 6.07) is 5.28. The fraction of sp³-hybridized carbons (Fsp3) is 0.353. The summed E-state index contributed by atoms with van der Waals surface area (Å²) < 4.78 is 6.94. The van der Waals surface area contributed by atoms with Crippen LogP contribution in [0.5, 0.6) is 0 Å². The zero-order valence-corrected chi connectivity index (χ0v) is 14.2. The van der Waals surface area contributed by atoms with Crippen molar-refractivity contribution in [2.24, 2.45) is 0 Å². The summed E-state index contributed by atoms with van der Waals surface area (Å²) in [6.07, 6.45) is 1.23. The molecule has 2 aromatic heterocycles. The van der Waals surface area contributed by atoms with Crippen LogP contribution >= 0.6 is 11.6 Å². The lowest BCUT2D eigenvalue weighted by atomic mass is 9.86. The molecule has 0 spiro atoms. The number of amides is 1. The van der Waals surface area contributed by atoms with Gasteiger partial charge in [0.15, 0.2) is 0 Å². The molecule has 0 atom stereocenters. The second kappa shape index (κ2) is 5.86. The highest BCUT2D eigenvalue weighted by molar-refractivity contribution is 6.37. The van der Waals surface area contributed by atoms with Crippen LogP contribution in [0.15, 0.2) is 27.5 Å². The van der Waals surface area contributed by atoms with Crippen molar-refractivity contribution in [2.45, 2.75) is 31.8 Å².